The maximum Gasteiger partial charge on any atom is 0.235 e. The molecule has 0 aliphatic carbocycles. The molecule has 0 saturated carbocycles. The molecule has 0 amide bonds. The minimum absolute atomic E-state index is 0.0357. The van der Waals surface area contributed by atoms with Crippen molar-refractivity contribution >= 4 is 5.91 Å². The summed E-state index contributed by atoms with van der Waals surface area (Å²) in [5.41, 5.74) is 0.739. The Morgan fingerprint density at radius 2 is 2.06 bits per heavy atom. The lowest BCUT2D eigenvalue weighted by atomic mass is 10.1. The van der Waals surface area contributed by atoms with Gasteiger partial charge in [-0.3, -0.25) is 14.4 Å². The molecule has 1 unspecified atom stereocenters. The Balaban J connectivity index is 3.19. The van der Waals surface area contributed by atoms with E-state index in [-0.39, 0.29) is 17.9 Å². The lowest BCUT2D eigenvalue weighted by Crippen LogP contribution is -2.31. The van der Waals surface area contributed by atoms with Gasteiger partial charge >= 0.3 is 0 Å². The SMILES string of the molecule is CCC(C)C(=O)n1ccccc1=NC(C)C. The van der Waals surface area contributed by atoms with Gasteiger partial charge in [-0.1, -0.05) is 19.9 Å². The second-order valence-corrected chi connectivity index (χ2v) is 4.30. The molecule has 0 aromatic carbocycles. The summed E-state index contributed by atoms with van der Waals surface area (Å²) in [5.74, 6) is 0.149. The number of carbonyl (C=O) groups excluding carboxylic acids is 1. The summed E-state index contributed by atoms with van der Waals surface area (Å²) in [6, 6.07) is 5.83. The largest absolute Gasteiger partial charge is 0.274 e. The van der Waals surface area contributed by atoms with Gasteiger partial charge < -0.3 is 0 Å². The maximum atomic E-state index is 12.1. The van der Waals surface area contributed by atoms with Gasteiger partial charge in [-0.2, -0.15) is 0 Å². The van der Waals surface area contributed by atoms with Gasteiger partial charge in [0.05, 0.1) is 0 Å². The maximum absolute atomic E-state index is 12.1. The quantitative estimate of drug-likeness (QED) is 0.770. The first-order chi connectivity index (χ1) is 7.56. The molecule has 0 aliphatic heterocycles. The second kappa shape index (κ2) is 5.64. The summed E-state index contributed by atoms with van der Waals surface area (Å²) in [7, 11) is 0. The van der Waals surface area contributed by atoms with Crippen LogP contribution in [0.2, 0.25) is 0 Å². The molecule has 88 valence electrons. The molecule has 0 saturated heterocycles. The van der Waals surface area contributed by atoms with E-state index in [1.807, 2.05) is 45.9 Å². The van der Waals surface area contributed by atoms with Gasteiger partial charge in [-0.25, -0.2) is 0 Å². The lowest BCUT2D eigenvalue weighted by Gasteiger charge is -2.11. The van der Waals surface area contributed by atoms with Gasteiger partial charge in [-0.15, -0.1) is 0 Å². The predicted molar refractivity (Wildman–Crippen MR) is 65.2 cm³/mol. The molecule has 0 aliphatic rings. The molecular weight excluding hydrogens is 200 g/mol. The van der Waals surface area contributed by atoms with Crippen LogP contribution in [0.25, 0.3) is 0 Å². The van der Waals surface area contributed by atoms with Crippen molar-refractivity contribution in [3.63, 3.8) is 0 Å². The third kappa shape index (κ3) is 3.05. The molecule has 0 spiro atoms. The van der Waals surface area contributed by atoms with Gasteiger partial charge in [0, 0.05) is 18.2 Å². The third-order valence-corrected chi connectivity index (χ3v) is 2.50. The van der Waals surface area contributed by atoms with Crippen molar-refractivity contribution in [1.82, 2.24) is 4.57 Å². The van der Waals surface area contributed by atoms with E-state index in [1.165, 1.54) is 0 Å². The summed E-state index contributed by atoms with van der Waals surface area (Å²) < 4.78 is 1.65. The molecule has 1 rings (SSSR count). The molecule has 0 bridgehead atoms. The first-order valence-corrected chi connectivity index (χ1v) is 5.82. The topological polar surface area (TPSA) is 34.4 Å². The van der Waals surface area contributed by atoms with Gasteiger partial charge in [0.25, 0.3) is 0 Å². The van der Waals surface area contributed by atoms with Crippen LogP contribution in [0.1, 0.15) is 38.9 Å². The zero-order chi connectivity index (χ0) is 12.1. The van der Waals surface area contributed by atoms with E-state index in [0.717, 1.165) is 11.9 Å². The van der Waals surface area contributed by atoms with Gasteiger partial charge in [0.2, 0.25) is 5.91 Å². The van der Waals surface area contributed by atoms with E-state index in [1.54, 1.807) is 10.8 Å². The van der Waals surface area contributed by atoms with Crippen molar-refractivity contribution in [2.45, 2.75) is 40.2 Å². The number of hydrogen-bond donors (Lipinski definition) is 0. The summed E-state index contributed by atoms with van der Waals surface area (Å²) in [5, 5.41) is 0. The number of nitrogens with zero attached hydrogens (tertiary/aromatic N) is 2. The van der Waals surface area contributed by atoms with Crippen molar-refractivity contribution in [2.75, 3.05) is 0 Å². The van der Waals surface area contributed by atoms with Crippen LogP contribution in [0.5, 0.6) is 0 Å². The van der Waals surface area contributed by atoms with E-state index < -0.39 is 0 Å². The van der Waals surface area contributed by atoms with E-state index in [0.29, 0.717) is 0 Å². The highest BCUT2D eigenvalue weighted by Crippen LogP contribution is 2.03. The first-order valence-electron chi connectivity index (χ1n) is 5.82. The highest BCUT2D eigenvalue weighted by atomic mass is 16.2. The molecule has 3 nitrogen and oxygen atoms in total. The minimum atomic E-state index is 0.0357. The van der Waals surface area contributed by atoms with Crippen LogP contribution in [-0.4, -0.2) is 16.5 Å². The van der Waals surface area contributed by atoms with Gasteiger partial charge in [0.15, 0.2) is 0 Å². The molecule has 3 heteroatoms. The predicted octanol–water partition coefficient (Wildman–Crippen LogP) is 2.48. The Bertz CT molecular complexity index is 418. The smallest absolute Gasteiger partial charge is 0.235 e. The number of carbonyl (C=O) groups is 1. The number of pyridine rings is 1. The fourth-order valence-corrected chi connectivity index (χ4v) is 1.40. The fourth-order valence-electron chi connectivity index (χ4n) is 1.40. The van der Waals surface area contributed by atoms with Crippen LogP contribution in [0.4, 0.5) is 0 Å². The Hall–Kier alpha value is -1.38. The molecule has 16 heavy (non-hydrogen) atoms. The summed E-state index contributed by atoms with van der Waals surface area (Å²) in [6.07, 6.45) is 2.64. The Morgan fingerprint density at radius 3 is 2.62 bits per heavy atom. The average molecular weight is 220 g/mol. The van der Waals surface area contributed by atoms with Gasteiger partial charge in [-0.05, 0) is 32.4 Å². The Morgan fingerprint density at radius 1 is 1.38 bits per heavy atom. The second-order valence-electron chi connectivity index (χ2n) is 4.30. The molecular formula is C13H20N2O. The van der Waals surface area contributed by atoms with Crippen LogP contribution in [0, 0.1) is 5.92 Å². The van der Waals surface area contributed by atoms with E-state index >= 15 is 0 Å². The highest BCUT2D eigenvalue weighted by molar-refractivity contribution is 5.80. The third-order valence-electron chi connectivity index (χ3n) is 2.50. The van der Waals surface area contributed by atoms with Crippen molar-refractivity contribution in [1.29, 1.82) is 0 Å². The lowest BCUT2D eigenvalue weighted by molar-refractivity contribution is 0.0836. The molecule has 1 aromatic rings. The molecule has 0 fully saturated rings. The normalized spacial score (nSPS) is 14.2. The molecule has 0 N–H and O–H groups in total. The van der Waals surface area contributed by atoms with Crippen molar-refractivity contribution in [2.24, 2.45) is 10.9 Å². The summed E-state index contributed by atoms with van der Waals surface area (Å²) in [6.45, 7) is 7.98. The Labute approximate surface area is 96.8 Å². The standard InChI is InChI=1S/C13H20N2O/c1-5-11(4)13(16)15-9-7-6-8-12(15)14-10(2)3/h6-11H,5H2,1-4H3. The summed E-state index contributed by atoms with van der Waals surface area (Å²) >= 11 is 0. The molecule has 1 aromatic heterocycles. The van der Waals surface area contributed by atoms with Crippen LogP contribution < -0.4 is 5.49 Å². The number of rotatable bonds is 3. The summed E-state index contributed by atoms with van der Waals surface area (Å²) in [4.78, 5) is 16.5. The van der Waals surface area contributed by atoms with Crippen LogP contribution in [-0.2, 0) is 0 Å². The van der Waals surface area contributed by atoms with Crippen molar-refractivity contribution in [3.05, 3.63) is 29.9 Å². The number of aromatic nitrogens is 1. The van der Waals surface area contributed by atoms with Crippen LogP contribution >= 0.6 is 0 Å². The Kier molecular flexibility index (Phi) is 4.47. The van der Waals surface area contributed by atoms with E-state index in [2.05, 4.69) is 4.99 Å². The van der Waals surface area contributed by atoms with Gasteiger partial charge in [0.1, 0.15) is 5.49 Å². The fraction of sp³-hybridized carbons (Fsp3) is 0.538. The molecule has 0 radical (unpaired) electrons. The number of hydrogen-bond acceptors (Lipinski definition) is 2. The molecule has 1 atom stereocenters. The van der Waals surface area contributed by atoms with Crippen LogP contribution in [0.15, 0.2) is 29.4 Å². The van der Waals surface area contributed by atoms with Crippen molar-refractivity contribution < 1.29 is 4.79 Å². The zero-order valence-electron chi connectivity index (χ0n) is 10.5. The first kappa shape index (κ1) is 12.7. The van der Waals surface area contributed by atoms with Crippen molar-refractivity contribution in [3.8, 4) is 0 Å². The van der Waals surface area contributed by atoms with E-state index in [9.17, 15) is 4.79 Å². The monoisotopic (exact) mass is 220 g/mol. The average Bonchev–Trinajstić information content (AvgIpc) is 2.27. The molecule has 1 heterocycles. The highest BCUT2D eigenvalue weighted by Gasteiger charge is 2.12. The minimum Gasteiger partial charge on any atom is -0.274 e. The van der Waals surface area contributed by atoms with E-state index in [4.69, 9.17) is 0 Å². The zero-order valence-corrected chi connectivity index (χ0v) is 10.5. The van der Waals surface area contributed by atoms with Crippen LogP contribution in [0.3, 0.4) is 0 Å².